The molecule has 0 bridgehead atoms. The minimum Gasteiger partial charge on any atom is -0.481 e. The Balaban J connectivity index is 1.58. The summed E-state index contributed by atoms with van der Waals surface area (Å²) in [5.74, 6) is -1.15. The molecule has 7 heteroatoms. The number of carboxylic acids is 1. The molecule has 1 aromatic heterocycles. The average Bonchev–Trinajstić information content (AvgIpc) is 2.92. The van der Waals surface area contributed by atoms with Crippen LogP contribution in [-0.4, -0.2) is 41.1 Å². The number of carboxylic acid groups (broad SMARTS) is 1. The summed E-state index contributed by atoms with van der Waals surface area (Å²) in [4.78, 5) is 30.2. The Morgan fingerprint density at radius 3 is 2.69 bits per heavy atom. The molecule has 142 valence electrons. The van der Waals surface area contributed by atoms with Crippen LogP contribution in [0.15, 0.2) is 18.3 Å². The maximum atomic E-state index is 13.9. The highest BCUT2D eigenvalue weighted by molar-refractivity contribution is 5.85. The summed E-state index contributed by atoms with van der Waals surface area (Å²) in [6.07, 6.45) is 7.17. The fourth-order valence-corrected chi connectivity index (χ4v) is 4.14. The third kappa shape index (κ3) is 4.14. The summed E-state index contributed by atoms with van der Waals surface area (Å²) in [7, 11) is 0. The lowest BCUT2D eigenvalue weighted by Crippen LogP contribution is -2.42. The predicted molar refractivity (Wildman–Crippen MR) is 95.3 cm³/mol. The van der Waals surface area contributed by atoms with E-state index < -0.39 is 11.4 Å². The largest absolute Gasteiger partial charge is 0.481 e. The Kier molecular flexibility index (Phi) is 5.74. The zero-order valence-electron chi connectivity index (χ0n) is 14.9. The standard InChI is InChI=1S/C19H26FN3O3/c20-15-6-5-10-21-17(15)23-11-7-14(13-23)22-16(24)12-19(18(25)26)8-3-1-2-4-9-19/h5-6,10,14H,1-4,7-9,11-13H2,(H,22,24)(H,25,26). The van der Waals surface area contributed by atoms with Crippen LogP contribution in [0, 0.1) is 11.2 Å². The van der Waals surface area contributed by atoms with E-state index in [1.807, 2.05) is 4.90 Å². The second-order valence-electron chi connectivity index (χ2n) is 7.48. The quantitative estimate of drug-likeness (QED) is 0.786. The topological polar surface area (TPSA) is 82.5 Å². The first-order valence-corrected chi connectivity index (χ1v) is 9.38. The molecule has 1 saturated heterocycles. The van der Waals surface area contributed by atoms with Gasteiger partial charge in [0.2, 0.25) is 5.91 Å². The fraction of sp³-hybridized carbons (Fsp3) is 0.632. The number of rotatable bonds is 5. The molecule has 1 aromatic rings. The molecule has 1 aliphatic carbocycles. The lowest BCUT2D eigenvalue weighted by Gasteiger charge is -2.28. The van der Waals surface area contributed by atoms with Gasteiger partial charge < -0.3 is 15.3 Å². The number of anilines is 1. The zero-order valence-corrected chi connectivity index (χ0v) is 14.9. The van der Waals surface area contributed by atoms with Gasteiger partial charge in [-0.05, 0) is 31.4 Å². The third-order valence-electron chi connectivity index (χ3n) is 5.61. The van der Waals surface area contributed by atoms with Crippen molar-refractivity contribution in [2.24, 2.45) is 5.41 Å². The zero-order chi connectivity index (χ0) is 18.6. The van der Waals surface area contributed by atoms with Gasteiger partial charge in [0.25, 0.3) is 0 Å². The Labute approximate surface area is 152 Å². The highest BCUT2D eigenvalue weighted by Crippen LogP contribution is 2.38. The van der Waals surface area contributed by atoms with Crippen LogP contribution >= 0.6 is 0 Å². The van der Waals surface area contributed by atoms with Crippen molar-refractivity contribution in [1.29, 1.82) is 0 Å². The van der Waals surface area contributed by atoms with Crippen LogP contribution in [0.5, 0.6) is 0 Å². The molecule has 6 nitrogen and oxygen atoms in total. The maximum Gasteiger partial charge on any atom is 0.310 e. The number of nitrogens with zero attached hydrogens (tertiary/aromatic N) is 2. The predicted octanol–water partition coefficient (Wildman–Crippen LogP) is 2.73. The van der Waals surface area contributed by atoms with Crippen molar-refractivity contribution in [1.82, 2.24) is 10.3 Å². The van der Waals surface area contributed by atoms with Crippen molar-refractivity contribution < 1.29 is 19.1 Å². The molecule has 2 N–H and O–H groups in total. The van der Waals surface area contributed by atoms with Gasteiger partial charge in [-0.1, -0.05) is 25.7 Å². The lowest BCUT2D eigenvalue weighted by molar-refractivity contribution is -0.153. The van der Waals surface area contributed by atoms with E-state index in [-0.39, 0.29) is 24.2 Å². The molecule has 2 heterocycles. The molecule has 0 radical (unpaired) electrons. The minimum absolute atomic E-state index is 0.0246. The molecular weight excluding hydrogens is 337 g/mol. The van der Waals surface area contributed by atoms with Crippen LogP contribution in [0.1, 0.15) is 51.4 Å². The third-order valence-corrected chi connectivity index (χ3v) is 5.61. The summed E-state index contributed by atoms with van der Waals surface area (Å²) >= 11 is 0. The summed E-state index contributed by atoms with van der Waals surface area (Å²) in [5.41, 5.74) is -0.939. The van der Waals surface area contributed by atoms with Gasteiger partial charge in [-0.2, -0.15) is 0 Å². The molecule has 0 aromatic carbocycles. The first kappa shape index (κ1) is 18.6. The monoisotopic (exact) mass is 363 g/mol. The number of carbonyl (C=O) groups is 2. The van der Waals surface area contributed by atoms with E-state index in [2.05, 4.69) is 10.3 Å². The Bertz CT molecular complexity index is 659. The summed E-state index contributed by atoms with van der Waals surface area (Å²) in [6.45, 7) is 1.10. The number of aromatic nitrogens is 1. The van der Waals surface area contributed by atoms with Gasteiger partial charge in [0.1, 0.15) is 0 Å². The van der Waals surface area contributed by atoms with E-state index in [0.29, 0.717) is 38.2 Å². The summed E-state index contributed by atoms with van der Waals surface area (Å²) in [5, 5.41) is 12.7. The number of hydrogen-bond acceptors (Lipinski definition) is 4. The molecule has 1 amide bonds. The van der Waals surface area contributed by atoms with Crippen LogP contribution in [0.4, 0.5) is 10.2 Å². The second kappa shape index (κ2) is 8.01. The molecule has 26 heavy (non-hydrogen) atoms. The van der Waals surface area contributed by atoms with Crippen molar-refractivity contribution in [2.75, 3.05) is 18.0 Å². The van der Waals surface area contributed by atoms with E-state index in [1.54, 1.807) is 12.3 Å². The molecule has 3 rings (SSSR count). The highest BCUT2D eigenvalue weighted by atomic mass is 19.1. The first-order chi connectivity index (χ1) is 12.5. The second-order valence-corrected chi connectivity index (χ2v) is 7.48. The number of amides is 1. The molecule has 1 saturated carbocycles. The number of hydrogen-bond donors (Lipinski definition) is 2. The van der Waals surface area contributed by atoms with Gasteiger partial charge in [-0.15, -0.1) is 0 Å². The van der Waals surface area contributed by atoms with Crippen LogP contribution in [0.25, 0.3) is 0 Å². The van der Waals surface area contributed by atoms with Crippen molar-refractivity contribution >= 4 is 17.7 Å². The number of halogens is 1. The van der Waals surface area contributed by atoms with Crippen LogP contribution in [-0.2, 0) is 9.59 Å². The molecule has 0 spiro atoms. The Hall–Kier alpha value is -2.18. The van der Waals surface area contributed by atoms with E-state index >= 15 is 0 Å². The maximum absolute atomic E-state index is 13.9. The van der Waals surface area contributed by atoms with Crippen molar-refractivity contribution in [3.8, 4) is 0 Å². The van der Waals surface area contributed by atoms with Crippen LogP contribution < -0.4 is 10.2 Å². The average molecular weight is 363 g/mol. The molecule has 2 fully saturated rings. The van der Waals surface area contributed by atoms with Crippen LogP contribution in [0.3, 0.4) is 0 Å². The number of carbonyl (C=O) groups excluding carboxylic acids is 1. The minimum atomic E-state index is -0.939. The molecular formula is C19H26FN3O3. The smallest absolute Gasteiger partial charge is 0.310 e. The van der Waals surface area contributed by atoms with Gasteiger partial charge in [-0.3, -0.25) is 9.59 Å². The summed E-state index contributed by atoms with van der Waals surface area (Å²) < 4.78 is 13.9. The molecule has 1 atom stereocenters. The van der Waals surface area contributed by atoms with Gasteiger partial charge in [0.15, 0.2) is 11.6 Å². The van der Waals surface area contributed by atoms with E-state index in [1.165, 1.54) is 6.07 Å². The number of aliphatic carboxylic acids is 1. The first-order valence-electron chi connectivity index (χ1n) is 9.38. The lowest BCUT2D eigenvalue weighted by atomic mass is 9.77. The van der Waals surface area contributed by atoms with E-state index in [4.69, 9.17) is 0 Å². The van der Waals surface area contributed by atoms with Gasteiger partial charge in [0.05, 0.1) is 5.41 Å². The summed E-state index contributed by atoms with van der Waals surface area (Å²) in [6, 6.07) is 2.81. The Morgan fingerprint density at radius 1 is 1.31 bits per heavy atom. The van der Waals surface area contributed by atoms with Crippen molar-refractivity contribution in [2.45, 2.75) is 57.4 Å². The normalized spacial score (nSPS) is 22.7. The number of nitrogens with one attached hydrogen (secondary N) is 1. The SMILES string of the molecule is O=C(CC1(C(=O)O)CCCCCC1)NC1CCN(c2ncccc2F)C1. The van der Waals surface area contributed by atoms with Gasteiger partial charge >= 0.3 is 5.97 Å². The van der Waals surface area contributed by atoms with Crippen molar-refractivity contribution in [3.05, 3.63) is 24.1 Å². The van der Waals surface area contributed by atoms with Crippen LogP contribution in [0.2, 0.25) is 0 Å². The van der Waals surface area contributed by atoms with E-state index in [0.717, 1.165) is 25.7 Å². The Morgan fingerprint density at radius 2 is 2.04 bits per heavy atom. The van der Waals surface area contributed by atoms with Crippen molar-refractivity contribution in [3.63, 3.8) is 0 Å². The molecule has 2 aliphatic rings. The molecule has 1 unspecified atom stereocenters. The number of pyridine rings is 1. The fourth-order valence-electron chi connectivity index (χ4n) is 4.14. The van der Waals surface area contributed by atoms with Gasteiger partial charge in [-0.25, -0.2) is 9.37 Å². The van der Waals surface area contributed by atoms with Gasteiger partial charge in [0, 0.05) is 31.7 Å². The molecule has 1 aliphatic heterocycles. The highest BCUT2D eigenvalue weighted by Gasteiger charge is 2.41. The van der Waals surface area contributed by atoms with E-state index in [9.17, 15) is 19.1 Å².